The highest BCUT2D eigenvalue weighted by molar-refractivity contribution is 6.32. The number of benzene rings is 1. The van der Waals surface area contributed by atoms with Gasteiger partial charge >= 0.3 is 0 Å². The van der Waals surface area contributed by atoms with Crippen LogP contribution >= 0.6 is 23.2 Å². The van der Waals surface area contributed by atoms with Crippen LogP contribution in [0.4, 0.5) is 11.4 Å². The Morgan fingerprint density at radius 2 is 2.10 bits per heavy atom. The molecule has 1 aromatic heterocycles. The standard InChI is InChI=1S/C11H8Cl2N4O3/c12-8-3-7(17(19)20)2-1-6(8)4-16-5-15-10(13)9(14)11(16)18/h1-3,5H,4,14H2. The number of nitro groups is 1. The van der Waals surface area contributed by atoms with Crippen molar-refractivity contribution in [1.29, 1.82) is 0 Å². The van der Waals surface area contributed by atoms with E-state index in [1.165, 1.54) is 29.1 Å². The van der Waals surface area contributed by atoms with Gasteiger partial charge in [-0.1, -0.05) is 23.2 Å². The molecule has 0 amide bonds. The lowest BCUT2D eigenvalue weighted by Crippen LogP contribution is -2.24. The number of anilines is 1. The Balaban J connectivity index is 2.38. The fourth-order valence-corrected chi connectivity index (χ4v) is 1.92. The van der Waals surface area contributed by atoms with Crippen LogP contribution in [0.25, 0.3) is 0 Å². The van der Waals surface area contributed by atoms with Gasteiger partial charge in [-0.15, -0.1) is 0 Å². The number of non-ortho nitro benzene ring substituents is 1. The van der Waals surface area contributed by atoms with E-state index in [9.17, 15) is 14.9 Å². The molecule has 1 aromatic carbocycles. The summed E-state index contributed by atoms with van der Waals surface area (Å²) in [5, 5.41) is 10.7. The van der Waals surface area contributed by atoms with E-state index in [4.69, 9.17) is 28.9 Å². The second-order valence-electron chi connectivity index (χ2n) is 3.91. The highest BCUT2D eigenvalue weighted by atomic mass is 35.5. The van der Waals surface area contributed by atoms with E-state index in [0.717, 1.165) is 0 Å². The van der Waals surface area contributed by atoms with Gasteiger partial charge in [0.05, 0.1) is 22.8 Å². The molecular weight excluding hydrogens is 307 g/mol. The lowest BCUT2D eigenvalue weighted by Gasteiger charge is -2.08. The number of halogens is 2. The predicted octanol–water partition coefficient (Wildman–Crippen LogP) is 2.09. The molecule has 2 N–H and O–H groups in total. The number of hydrogen-bond donors (Lipinski definition) is 1. The van der Waals surface area contributed by atoms with Crippen molar-refractivity contribution in [3.8, 4) is 0 Å². The number of rotatable bonds is 3. The number of hydrogen-bond acceptors (Lipinski definition) is 5. The lowest BCUT2D eigenvalue weighted by molar-refractivity contribution is -0.384. The third kappa shape index (κ3) is 2.73. The average molecular weight is 315 g/mol. The molecule has 20 heavy (non-hydrogen) atoms. The maximum atomic E-state index is 11.8. The first kappa shape index (κ1) is 14.3. The van der Waals surface area contributed by atoms with Gasteiger partial charge in [-0.2, -0.15) is 0 Å². The van der Waals surface area contributed by atoms with Crippen molar-refractivity contribution in [2.75, 3.05) is 5.73 Å². The summed E-state index contributed by atoms with van der Waals surface area (Å²) in [6.45, 7) is 0.0873. The SMILES string of the molecule is Nc1c(Cl)ncn(Cc2ccc([N+](=O)[O-])cc2Cl)c1=O. The summed E-state index contributed by atoms with van der Waals surface area (Å²) in [5.41, 5.74) is 5.23. The topological polar surface area (TPSA) is 104 Å². The fraction of sp³-hybridized carbons (Fsp3) is 0.0909. The molecule has 0 aliphatic rings. The van der Waals surface area contributed by atoms with Crippen LogP contribution in [0, 0.1) is 10.1 Å². The van der Waals surface area contributed by atoms with E-state index in [0.29, 0.717) is 5.56 Å². The predicted molar refractivity (Wildman–Crippen MR) is 75.1 cm³/mol. The van der Waals surface area contributed by atoms with E-state index in [1.54, 1.807) is 0 Å². The number of nitro benzene ring substituents is 1. The Bertz CT molecular complexity index is 745. The minimum absolute atomic E-state index is 0.0685. The normalized spacial score (nSPS) is 10.5. The summed E-state index contributed by atoms with van der Waals surface area (Å²) in [6, 6.07) is 3.99. The first-order chi connectivity index (χ1) is 9.40. The first-order valence-electron chi connectivity index (χ1n) is 5.33. The molecule has 0 spiro atoms. The summed E-state index contributed by atoms with van der Waals surface area (Å²) in [4.78, 5) is 25.7. The number of aromatic nitrogens is 2. The molecule has 9 heteroatoms. The van der Waals surface area contributed by atoms with E-state index in [1.807, 2.05) is 0 Å². The summed E-state index contributed by atoms with van der Waals surface area (Å²) in [7, 11) is 0. The molecule has 104 valence electrons. The van der Waals surface area contributed by atoms with Crippen molar-refractivity contribution in [2.24, 2.45) is 0 Å². The van der Waals surface area contributed by atoms with E-state index >= 15 is 0 Å². The van der Waals surface area contributed by atoms with Crippen molar-refractivity contribution in [3.05, 3.63) is 60.7 Å². The highest BCUT2D eigenvalue weighted by Gasteiger charge is 2.12. The van der Waals surface area contributed by atoms with Crippen LogP contribution in [0.1, 0.15) is 5.56 Å². The largest absolute Gasteiger partial charge is 0.392 e. The van der Waals surface area contributed by atoms with Gasteiger partial charge in [-0.05, 0) is 11.6 Å². The Kier molecular flexibility index (Phi) is 3.91. The van der Waals surface area contributed by atoms with Gasteiger partial charge in [0.1, 0.15) is 5.69 Å². The monoisotopic (exact) mass is 314 g/mol. The van der Waals surface area contributed by atoms with Gasteiger partial charge in [-0.25, -0.2) is 4.98 Å². The molecule has 2 aromatic rings. The van der Waals surface area contributed by atoms with Crippen molar-refractivity contribution in [2.45, 2.75) is 6.54 Å². The highest BCUT2D eigenvalue weighted by Crippen LogP contribution is 2.23. The second-order valence-corrected chi connectivity index (χ2v) is 4.68. The molecular formula is C11H8Cl2N4O3. The van der Waals surface area contributed by atoms with Gasteiger partial charge < -0.3 is 5.73 Å². The van der Waals surface area contributed by atoms with Crippen LogP contribution in [0.2, 0.25) is 10.2 Å². The third-order valence-electron chi connectivity index (χ3n) is 2.61. The Hall–Kier alpha value is -2.12. The number of nitrogen functional groups attached to an aromatic ring is 1. The summed E-state index contributed by atoms with van der Waals surface area (Å²) in [6.07, 6.45) is 1.23. The van der Waals surface area contributed by atoms with Crippen molar-refractivity contribution >= 4 is 34.6 Å². The summed E-state index contributed by atoms with van der Waals surface area (Å²) < 4.78 is 1.22. The van der Waals surface area contributed by atoms with Gasteiger partial charge in [0, 0.05) is 12.1 Å². The van der Waals surface area contributed by atoms with Crippen molar-refractivity contribution < 1.29 is 4.92 Å². The molecule has 0 fully saturated rings. The first-order valence-corrected chi connectivity index (χ1v) is 6.09. The van der Waals surface area contributed by atoms with E-state index in [2.05, 4.69) is 4.98 Å². The van der Waals surface area contributed by atoms with Crippen LogP contribution in [0.15, 0.2) is 29.3 Å². The smallest absolute Gasteiger partial charge is 0.278 e. The second kappa shape index (κ2) is 5.48. The molecule has 1 heterocycles. The molecule has 0 aliphatic heterocycles. The van der Waals surface area contributed by atoms with Crippen molar-refractivity contribution in [1.82, 2.24) is 9.55 Å². The molecule has 2 rings (SSSR count). The molecule has 0 saturated carbocycles. The molecule has 7 nitrogen and oxygen atoms in total. The summed E-state index contributed by atoms with van der Waals surface area (Å²) in [5.74, 6) is 0. The molecule has 0 radical (unpaired) electrons. The van der Waals surface area contributed by atoms with Crippen LogP contribution < -0.4 is 11.3 Å². The van der Waals surface area contributed by atoms with E-state index < -0.39 is 10.5 Å². The van der Waals surface area contributed by atoms with Crippen LogP contribution in [-0.2, 0) is 6.54 Å². The Morgan fingerprint density at radius 1 is 1.40 bits per heavy atom. The summed E-state index contributed by atoms with van der Waals surface area (Å²) >= 11 is 11.6. The quantitative estimate of drug-likeness (QED) is 0.530. The number of nitrogens with two attached hydrogens (primary N) is 1. The Morgan fingerprint density at radius 3 is 2.70 bits per heavy atom. The maximum absolute atomic E-state index is 11.8. The minimum Gasteiger partial charge on any atom is -0.392 e. The fourth-order valence-electron chi connectivity index (χ4n) is 1.56. The zero-order chi connectivity index (χ0) is 14.9. The average Bonchev–Trinajstić information content (AvgIpc) is 2.41. The molecule has 0 atom stereocenters. The van der Waals surface area contributed by atoms with Gasteiger partial charge in [0.15, 0.2) is 5.15 Å². The third-order valence-corrected chi connectivity index (χ3v) is 3.27. The zero-order valence-electron chi connectivity index (χ0n) is 9.92. The molecule has 0 aliphatic carbocycles. The molecule has 0 unspecified atom stereocenters. The molecule has 0 bridgehead atoms. The van der Waals surface area contributed by atoms with Gasteiger partial charge in [-0.3, -0.25) is 19.5 Å². The zero-order valence-corrected chi connectivity index (χ0v) is 11.4. The Labute approximate surface area is 122 Å². The lowest BCUT2D eigenvalue weighted by atomic mass is 10.2. The van der Waals surface area contributed by atoms with Gasteiger partial charge in [0.2, 0.25) is 0 Å². The molecule has 0 saturated heterocycles. The van der Waals surface area contributed by atoms with Gasteiger partial charge in [0.25, 0.3) is 11.2 Å². The maximum Gasteiger partial charge on any atom is 0.278 e. The minimum atomic E-state index is -0.552. The van der Waals surface area contributed by atoms with E-state index in [-0.39, 0.29) is 28.1 Å². The van der Waals surface area contributed by atoms with Crippen LogP contribution in [-0.4, -0.2) is 14.5 Å². The van der Waals surface area contributed by atoms with Crippen LogP contribution in [0.3, 0.4) is 0 Å². The van der Waals surface area contributed by atoms with Crippen molar-refractivity contribution in [3.63, 3.8) is 0 Å². The number of nitrogens with zero attached hydrogens (tertiary/aromatic N) is 3. The van der Waals surface area contributed by atoms with Crippen LogP contribution in [0.5, 0.6) is 0 Å².